The maximum Gasteiger partial charge on any atom is 0.277 e. The number of rotatable bonds is 8. The molecule has 0 aliphatic heterocycles. The SMILES string of the molecule is Cc1cc(Cl)ccc1OCC(=O)NN=Cc1cccc(OCc2ccccc2)c1. The number of benzene rings is 3. The number of hydrazone groups is 1. The largest absolute Gasteiger partial charge is 0.489 e. The first-order valence-electron chi connectivity index (χ1n) is 9.08. The van der Waals surface area contributed by atoms with Gasteiger partial charge in [-0.05, 0) is 53.9 Å². The third kappa shape index (κ3) is 6.66. The Labute approximate surface area is 174 Å². The van der Waals surface area contributed by atoms with Crippen LogP contribution in [0.3, 0.4) is 0 Å². The van der Waals surface area contributed by atoms with Crippen molar-refractivity contribution in [1.82, 2.24) is 5.43 Å². The second kappa shape index (κ2) is 10.3. The summed E-state index contributed by atoms with van der Waals surface area (Å²) in [5.41, 5.74) is 5.21. The summed E-state index contributed by atoms with van der Waals surface area (Å²) in [6.07, 6.45) is 1.56. The minimum Gasteiger partial charge on any atom is -0.489 e. The fourth-order valence-electron chi connectivity index (χ4n) is 2.55. The maximum atomic E-state index is 11.9. The van der Waals surface area contributed by atoms with E-state index in [4.69, 9.17) is 21.1 Å². The smallest absolute Gasteiger partial charge is 0.277 e. The number of hydrogen-bond acceptors (Lipinski definition) is 4. The molecule has 0 atom stereocenters. The van der Waals surface area contributed by atoms with E-state index in [1.165, 1.54) is 0 Å². The van der Waals surface area contributed by atoms with Crippen molar-refractivity contribution < 1.29 is 14.3 Å². The lowest BCUT2D eigenvalue weighted by molar-refractivity contribution is -0.123. The van der Waals surface area contributed by atoms with Gasteiger partial charge >= 0.3 is 0 Å². The highest BCUT2D eigenvalue weighted by Crippen LogP contribution is 2.21. The van der Waals surface area contributed by atoms with Gasteiger partial charge < -0.3 is 9.47 Å². The number of carbonyl (C=O) groups excluding carboxylic acids is 1. The second-order valence-corrected chi connectivity index (χ2v) is 6.77. The van der Waals surface area contributed by atoms with E-state index >= 15 is 0 Å². The van der Waals surface area contributed by atoms with Crippen molar-refractivity contribution in [1.29, 1.82) is 0 Å². The van der Waals surface area contributed by atoms with Crippen LogP contribution in [0.2, 0.25) is 5.02 Å². The molecule has 1 amide bonds. The molecule has 0 unspecified atom stereocenters. The van der Waals surface area contributed by atoms with Gasteiger partial charge in [0.15, 0.2) is 6.61 Å². The first kappa shape index (κ1) is 20.4. The van der Waals surface area contributed by atoms with Gasteiger partial charge in [0.05, 0.1) is 6.21 Å². The quantitative estimate of drug-likeness (QED) is 0.432. The van der Waals surface area contributed by atoms with Crippen LogP contribution in [0.1, 0.15) is 16.7 Å². The summed E-state index contributed by atoms with van der Waals surface area (Å²) in [6, 6.07) is 22.6. The van der Waals surface area contributed by atoms with Crippen molar-refractivity contribution in [3.05, 3.63) is 94.5 Å². The van der Waals surface area contributed by atoms with Crippen LogP contribution in [0.5, 0.6) is 11.5 Å². The lowest BCUT2D eigenvalue weighted by Crippen LogP contribution is -2.24. The second-order valence-electron chi connectivity index (χ2n) is 6.34. The van der Waals surface area contributed by atoms with Crippen LogP contribution in [-0.4, -0.2) is 18.7 Å². The van der Waals surface area contributed by atoms with Crippen molar-refractivity contribution in [3.8, 4) is 11.5 Å². The summed E-state index contributed by atoms with van der Waals surface area (Å²) >= 11 is 5.91. The Morgan fingerprint density at radius 1 is 1.03 bits per heavy atom. The number of amides is 1. The standard InChI is InChI=1S/C23H21ClN2O3/c1-17-12-20(24)10-11-22(17)29-16-23(27)26-25-14-19-8-5-9-21(13-19)28-15-18-6-3-2-4-7-18/h2-14H,15-16H2,1H3,(H,26,27). The summed E-state index contributed by atoms with van der Waals surface area (Å²) in [7, 11) is 0. The van der Waals surface area contributed by atoms with Crippen LogP contribution >= 0.6 is 11.6 Å². The van der Waals surface area contributed by atoms with Gasteiger partial charge in [-0.2, -0.15) is 5.10 Å². The highest BCUT2D eigenvalue weighted by molar-refractivity contribution is 6.30. The summed E-state index contributed by atoms with van der Waals surface area (Å²) in [5.74, 6) is 0.981. The molecule has 0 aliphatic carbocycles. The van der Waals surface area contributed by atoms with Gasteiger partial charge in [0.1, 0.15) is 18.1 Å². The fraction of sp³-hybridized carbons (Fsp3) is 0.130. The first-order valence-corrected chi connectivity index (χ1v) is 9.45. The van der Waals surface area contributed by atoms with Crippen molar-refractivity contribution >= 4 is 23.7 Å². The van der Waals surface area contributed by atoms with Gasteiger partial charge in [0.2, 0.25) is 0 Å². The highest BCUT2D eigenvalue weighted by Gasteiger charge is 2.04. The van der Waals surface area contributed by atoms with E-state index in [0.717, 1.165) is 22.4 Å². The number of nitrogens with zero attached hydrogens (tertiary/aromatic N) is 1. The molecule has 29 heavy (non-hydrogen) atoms. The molecule has 6 heteroatoms. The number of aryl methyl sites for hydroxylation is 1. The zero-order chi connectivity index (χ0) is 20.5. The van der Waals surface area contributed by atoms with Crippen LogP contribution in [-0.2, 0) is 11.4 Å². The van der Waals surface area contributed by atoms with Crippen molar-refractivity contribution in [2.24, 2.45) is 5.10 Å². The van der Waals surface area contributed by atoms with Crippen LogP contribution in [0, 0.1) is 6.92 Å². The minimum atomic E-state index is -0.355. The Balaban J connectivity index is 1.47. The molecule has 0 spiro atoms. The topological polar surface area (TPSA) is 59.9 Å². The first-order chi connectivity index (χ1) is 14.1. The van der Waals surface area contributed by atoms with E-state index in [1.54, 1.807) is 24.4 Å². The Bertz CT molecular complexity index is 990. The van der Waals surface area contributed by atoms with Crippen LogP contribution in [0.25, 0.3) is 0 Å². The van der Waals surface area contributed by atoms with Crippen LogP contribution < -0.4 is 14.9 Å². The Kier molecular flexibility index (Phi) is 7.25. The third-order valence-corrected chi connectivity index (χ3v) is 4.24. The molecule has 0 bridgehead atoms. The maximum absolute atomic E-state index is 11.9. The summed E-state index contributed by atoms with van der Waals surface area (Å²) in [5, 5.41) is 4.59. The molecule has 0 aliphatic rings. The fourth-order valence-corrected chi connectivity index (χ4v) is 2.78. The molecular formula is C23H21ClN2O3. The van der Waals surface area contributed by atoms with E-state index in [0.29, 0.717) is 17.4 Å². The normalized spacial score (nSPS) is 10.7. The average molecular weight is 409 g/mol. The Hall–Kier alpha value is -3.31. The molecule has 3 rings (SSSR count). The molecule has 0 saturated carbocycles. The monoisotopic (exact) mass is 408 g/mol. The van der Waals surface area contributed by atoms with Crippen molar-refractivity contribution in [2.75, 3.05) is 6.61 Å². The molecule has 0 saturated heterocycles. The van der Waals surface area contributed by atoms with Crippen molar-refractivity contribution in [2.45, 2.75) is 13.5 Å². The molecule has 3 aromatic carbocycles. The Morgan fingerprint density at radius 3 is 2.66 bits per heavy atom. The third-order valence-electron chi connectivity index (χ3n) is 4.01. The molecule has 3 aromatic rings. The molecule has 1 N–H and O–H groups in total. The number of hydrogen-bond donors (Lipinski definition) is 1. The molecular weight excluding hydrogens is 388 g/mol. The molecule has 5 nitrogen and oxygen atoms in total. The van der Waals surface area contributed by atoms with E-state index in [-0.39, 0.29) is 12.5 Å². The highest BCUT2D eigenvalue weighted by atomic mass is 35.5. The molecule has 0 radical (unpaired) electrons. The van der Waals surface area contributed by atoms with E-state index in [2.05, 4.69) is 10.5 Å². The van der Waals surface area contributed by atoms with E-state index in [9.17, 15) is 4.79 Å². The zero-order valence-electron chi connectivity index (χ0n) is 16.0. The number of carbonyl (C=O) groups is 1. The predicted molar refractivity (Wildman–Crippen MR) is 115 cm³/mol. The number of halogens is 1. The molecule has 0 fully saturated rings. The number of nitrogens with one attached hydrogen (secondary N) is 1. The lowest BCUT2D eigenvalue weighted by Gasteiger charge is -2.08. The lowest BCUT2D eigenvalue weighted by atomic mass is 10.2. The van der Waals surface area contributed by atoms with Gasteiger partial charge in [-0.15, -0.1) is 0 Å². The van der Waals surface area contributed by atoms with Gasteiger partial charge in [0, 0.05) is 5.02 Å². The van der Waals surface area contributed by atoms with Gasteiger partial charge in [-0.3, -0.25) is 4.79 Å². The van der Waals surface area contributed by atoms with Crippen molar-refractivity contribution in [3.63, 3.8) is 0 Å². The van der Waals surface area contributed by atoms with E-state index < -0.39 is 0 Å². The van der Waals surface area contributed by atoms with Gasteiger partial charge in [-0.25, -0.2) is 5.43 Å². The predicted octanol–water partition coefficient (Wildman–Crippen LogP) is 4.76. The van der Waals surface area contributed by atoms with Gasteiger partial charge in [0.25, 0.3) is 5.91 Å². The summed E-state index contributed by atoms with van der Waals surface area (Å²) in [6.45, 7) is 2.21. The summed E-state index contributed by atoms with van der Waals surface area (Å²) in [4.78, 5) is 11.9. The van der Waals surface area contributed by atoms with Crippen LogP contribution in [0.15, 0.2) is 77.9 Å². The summed E-state index contributed by atoms with van der Waals surface area (Å²) < 4.78 is 11.3. The number of ether oxygens (including phenoxy) is 2. The zero-order valence-corrected chi connectivity index (χ0v) is 16.7. The minimum absolute atomic E-state index is 0.139. The van der Waals surface area contributed by atoms with Crippen LogP contribution in [0.4, 0.5) is 0 Å². The molecule has 148 valence electrons. The van der Waals surface area contributed by atoms with Gasteiger partial charge in [-0.1, -0.05) is 54.1 Å². The van der Waals surface area contributed by atoms with E-state index in [1.807, 2.05) is 61.5 Å². The average Bonchev–Trinajstić information content (AvgIpc) is 2.73. The Morgan fingerprint density at radius 2 is 1.86 bits per heavy atom. The molecule has 0 aromatic heterocycles. The molecule has 0 heterocycles.